The summed E-state index contributed by atoms with van der Waals surface area (Å²) >= 11 is 6.12. The number of guanidine groups is 1. The molecule has 2 aromatic rings. The molecular formula is C23H35ClN6O. The zero-order chi connectivity index (χ0) is 22.4. The number of aryl methyl sites for hydroxylation is 2. The van der Waals surface area contributed by atoms with Gasteiger partial charge >= 0.3 is 0 Å². The van der Waals surface area contributed by atoms with Gasteiger partial charge in [0.1, 0.15) is 0 Å². The highest BCUT2D eigenvalue weighted by Crippen LogP contribution is 2.23. The summed E-state index contributed by atoms with van der Waals surface area (Å²) < 4.78 is 7.50. The molecule has 1 aliphatic rings. The van der Waals surface area contributed by atoms with Gasteiger partial charge in [-0.05, 0) is 50.5 Å². The molecule has 0 aliphatic carbocycles. The van der Waals surface area contributed by atoms with E-state index in [9.17, 15) is 0 Å². The van der Waals surface area contributed by atoms with Gasteiger partial charge in [0, 0.05) is 50.5 Å². The Morgan fingerprint density at radius 3 is 2.48 bits per heavy atom. The summed E-state index contributed by atoms with van der Waals surface area (Å²) in [5, 5.41) is 12.4. The van der Waals surface area contributed by atoms with Crippen molar-refractivity contribution in [3.8, 4) is 0 Å². The van der Waals surface area contributed by atoms with Crippen molar-refractivity contribution in [3.63, 3.8) is 0 Å². The lowest BCUT2D eigenvalue weighted by Gasteiger charge is -2.35. The van der Waals surface area contributed by atoms with Gasteiger partial charge in [-0.1, -0.05) is 23.7 Å². The molecule has 2 atom stereocenters. The first-order chi connectivity index (χ1) is 14.9. The van der Waals surface area contributed by atoms with E-state index >= 15 is 0 Å². The summed E-state index contributed by atoms with van der Waals surface area (Å²) in [5.41, 5.74) is 4.84. The van der Waals surface area contributed by atoms with E-state index in [-0.39, 0.29) is 12.1 Å². The third-order valence-electron chi connectivity index (χ3n) is 5.98. The van der Waals surface area contributed by atoms with E-state index in [0.717, 1.165) is 55.9 Å². The number of halogens is 1. The predicted octanol–water partition coefficient (Wildman–Crippen LogP) is 2.86. The SMILES string of the molecule is CN=C(NCC(c1ccc(Cl)cc1)N1CCOCC1)NC(C)Cc1c(C)nn(C)c1C. The van der Waals surface area contributed by atoms with Gasteiger partial charge in [0.15, 0.2) is 5.96 Å². The zero-order valence-electron chi connectivity index (χ0n) is 19.3. The Hall–Kier alpha value is -2.09. The molecule has 0 amide bonds. The number of rotatable bonds is 7. The molecule has 1 saturated heterocycles. The Kier molecular flexibility index (Phi) is 8.35. The fraction of sp³-hybridized carbons (Fsp3) is 0.565. The van der Waals surface area contributed by atoms with Gasteiger partial charge in [0.05, 0.1) is 24.9 Å². The highest BCUT2D eigenvalue weighted by atomic mass is 35.5. The highest BCUT2D eigenvalue weighted by Gasteiger charge is 2.23. The van der Waals surface area contributed by atoms with Crippen molar-refractivity contribution in [3.05, 3.63) is 51.8 Å². The standard InChI is InChI=1S/C23H35ClN6O/c1-16(14-21-17(2)28-29(5)18(21)3)27-23(25-4)26-15-22(30-10-12-31-13-11-30)19-6-8-20(24)9-7-19/h6-9,16,22H,10-15H2,1-5H3,(H2,25,26,27). The lowest BCUT2D eigenvalue weighted by atomic mass is 10.0. The van der Waals surface area contributed by atoms with Crippen LogP contribution in [0.15, 0.2) is 29.3 Å². The Morgan fingerprint density at radius 2 is 1.90 bits per heavy atom. The van der Waals surface area contributed by atoms with Crippen molar-refractivity contribution >= 4 is 17.6 Å². The van der Waals surface area contributed by atoms with Crippen LogP contribution in [0.4, 0.5) is 0 Å². The molecule has 1 aromatic carbocycles. The first kappa shape index (κ1) is 23.6. The van der Waals surface area contributed by atoms with Gasteiger partial charge in [-0.15, -0.1) is 0 Å². The van der Waals surface area contributed by atoms with Crippen molar-refractivity contribution < 1.29 is 4.74 Å². The minimum Gasteiger partial charge on any atom is -0.379 e. The number of hydrogen-bond donors (Lipinski definition) is 2. The van der Waals surface area contributed by atoms with E-state index in [1.165, 1.54) is 16.8 Å². The molecule has 0 bridgehead atoms. The van der Waals surface area contributed by atoms with E-state index in [1.807, 2.05) is 30.9 Å². The number of hydrogen-bond acceptors (Lipinski definition) is 4. The van der Waals surface area contributed by atoms with Crippen LogP contribution in [0, 0.1) is 13.8 Å². The van der Waals surface area contributed by atoms with Gasteiger partial charge < -0.3 is 15.4 Å². The van der Waals surface area contributed by atoms with Gasteiger partial charge in [0.2, 0.25) is 0 Å². The van der Waals surface area contributed by atoms with Crippen LogP contribution < -0.4 is 10.6 Å². The molecule has 7 nitrogen and oxygen atoms in total. The molecule has 1 aromatic heterocycles. The first-order valence-corrected chi connectivity index (χ1v) is 11.3. The van der Waals surface area contributed by atoms with Gasteiger partial charge in [0.25, 0.3) is 0 Å². The van der Waals surface area contributed by atoms with Crippen molar-refractivity contribution in [1.29, 1.82) is 0 Å². The largest absolute Gasteiger partial charge is 0.379 e. The molecule has 8 heteroatoms. The van der Waals surface area contributed by atoms with Crippen molar-refractivity contribution in [1.82, 2.24) is 25.3 Å². The average Bonchev–Trinajstić information content (AvgIpc) is 3.00. The smallest absolute Gasteiger partial charge is 0.191 e. The van der Waals surface area contributed by atoms with Crippen molar-refractivity contribution in [2.24, 2.45) is 12.0 Å². The first-order valence-electron chi connectivity index (χ1n) is 10.9. The van der Waals surface area contributed by atoms with E-state index in [4.69, 9.17) is 16.3 Å². The number of aliphatic imine (C=N–C) groups is 1. The summed E-state index contributed by atoms with van der Waals surface area (Å²) in [5.74, 6) is 0.805. The third kappa shape index (κ3) is 6.21. The second kappa shape index (κ2) is 11.0. The topological polar surface area (TPSA) is 66.7 Å². The van der Waals surface area contributed by atoms with Crippen LogP contribution in [0.3, 0.4) is 0 Å². The van der Waals surface area contributed by atoms with Crippen LogP contribution in [-0.4, -0.2) is 66.6 Å². The summed E-state index contributed by atoms with van der Waals surface area (Å²) in [6, 6.07) is 8.58. The second-order valence-electron chi connectivity index (χ2n) is 8.19. The van der Waals surface area contributed by atoms with Crippen LogP contribution in [0.2, 0.25) is 5.02 Å². The molecule has 0 radical (unpaired) electrons. The van der Waals surface area contributed by atoms with E-state index in [2.05, 4.69) is 58.5 Å². The fourth-order valence-corrected chi connectivity index (χ4v) is 4.25. The average molecular weight is 447 g/mol. The normalized spacial score (nSPS) is 17.4. The molecular weight excluding hydrogens is 412 g/mol. The molecule has 3 rings (SSSR count). The molecule has 0 saturated carbocycles. The Labute approximate surface area is 190 Å². The summed E-state index contributed by atoms with van der Waals surface area (Å²) in [6.45, 7) is 10.5. The summed E-state index contributed by atoms with van der Waals surface area (Å²) in [7, 11) is 3.81. The second-order valence-corrected chi connectivity index (χ2v) is 8.63. The Bertz CT molecular complexity index is 873. The van der Waals surface area contributed by atoms with E-state index < -0.39 is 0 Å². The summed E-state index contributed by atoms with van der Waals surface area (Å²) in [6.07, 6.45) is 0.899. The van der Waals surface area contributed by atoms with Gasteiger partial charge in [-0.2, -0.15) is 5.10 Å². The minimum atomic E-state index is 0.220. The van der Waals surface area contributed by atoms with E-state index in [0.29, 0.717) is 0 Å². The van der Waals surface area contributed by atoms with E-state index in [1.54, 1.807) is 0 Å². The quantitative estimate of drug-likeness (QED) is 0.505. The molecule has 2 N–H and O–H groups in total. The molecule has 1 fully saturated rings. The van der Waals surface area contributed by atoms with Crippen LogP contribution in [0.25, 0.3) is 0 Å². The minimum absolute atomic E-state index is 0.220. The Morgan fingerprint density at radius 1 is 1.23 bits per heavy atom. The van der Waals surface area contributed by atoms with Crippen LogP contribution in [0.5, 0.6) is 0 Å². The molecule has 170 valence electrons. The van der Waals surface area contributed by atoms with Crippen molar-refractivity contribution in [2.75, 3.05) is 39.9 Å². The zero-order valence-corrected chi connectivity index (χ0v) is 20.0. The van der Waals surface area contributed by atoms with Crippen LogP contribution >= 0.6 is 11.6 Å². The third-order valence-corrected chi connectivity index (χ3v) is 6.23. The molecule has 2 heterocycles. The van der Waals surface area contributed by atoms with Gasteiger partial charge in [-0.3, -0.25) is 14.6 Å². The Balaban J connectivity index is 1.63. The maximum Gasteiger partial charge on any atom is 0.191 e. The monoisotopic (exact) mass is 446 g/mol. The van der Waals surface area contributed by atoms with Crippen LogP contribution in [0.1, 0.15) is 35.5 Å². The lowest BCUT2D eigenvalue weighted by Crippen LogP contribution is -2.48. The van der Waals surface area contributed by atoms with Crippen molar-refractivity contribution in [2.45, 2.75) is 39.3 Å². The number of benzene rings is 1. The molecule has 0 spiro atoms. The lowest BCUT2D eigenvalue weighted by molar-refractivity contribution is 0.0170. The van der Waals surface area contributed by atoms with Crippen LogP contribution in [-0.2, 0) is 18.2 Å². The number of aromatic nitrogens is 2. The number of morpholine rings is 1. The predicted molar refractivity (Wildman–Crippen MR) is 127 cm³/mol. The molecule has 1 aliphatic heterocycles. The number of nitrogens with one attached hydrogen (secondary N) is 2. The molecule has 2 unspecified atom stereocenters. The summed E-state index contributed by atoms with van der Waals surface area (Å²) in [4.78, 5) is 6.91. The maximum absolute atomic E-state index is 6.12. The van der Waals surface area contributed by atoms with Gasteiger partial charge in [-0.25, -0.2) is 0 Å². The highest BCUT2D eigenvalue weighted by molar-refractivity contribution is 6.30. The molecule has 31 heavy (non-hydrogen) atoms. The fourth-order valence-electron chi connectivity index (χ4n) is 4.12. The number of nitrogens with zero attached hydrogens (tertiary/aromatic N) is 4. The maximum atomic E-state index is 6.12. The number of ether oxygens (including phenoxy) is 1.